The van der Waals surface area contributed by atoms with Crippen molar-refractivity contribution in [3.63, 3.8) is 0 Å². The van der Waals surface area contributed by atoms with Crippen molar-refractivity contribution >= 4 is 5.69 Å². The second-order valence-electron chi connectivity index (χ2n) is 4.57. The zero-order chi connectivity index (χ0) is 13.1. The predicted molar refractivity (Wildman–Crippen MR) is 73.9 cm³/mol. The number of phenols is 1. The van der Waals surface area contributed by atoms with Crippen LogP contribution < -0.4 is 5.32 Å². The van der Waals surface area contributed by atoms with Gasteiger partial charge in [-0.05, 0) is 44.0 Å². The maximum atomic E-state index is 9.87. The Bertz CT molecular complexity index is 547. The molecule has 2 aromatic rings. The minimum absolute atomic E-state index is 0.363. The smallest absolute Gasteiger partial charge is 0.123 e. The van der Waals surface area contributed by atoms with Crippen LogP contribution >= 0.6 is 0 Å². The first-order valence-corrected chi connectivity index (χ1v) is 6.02. The molecule has 0 saturated carbocycles. The van der Waals surface area contributed by atoms with Crippen molar-refractivity contribution in [3.8, 4) is 5.75 Å². The molecule has 0 aliphatic rings. The van der Waals surface area contributed by atoms with Gasteiger partial charge in [-0.15, -0.1) is 0 Å². The van der Waals surface area contributed by atoms with Crippen LogP contribution in [0.4, 0.5) is 5.69 Å². The Balaban J connectivity index is 2.11. The van der Waals surface area contributed by atoms with E-state index in [0.717, 1.165) is 28.1 Å². The van der Waals surface area contributed by atoms with Gasteiger partial charge in [0.25, 0.3) is 0 Å². The molecule has 1 heterocycles. The number of rotatable bonds is 3. The van der Waals surface area contributed by atoms with Crippen LogP contribution in [-0.4, -0.2) is 10.1 Å². The van der Waals surface area contributed by atoms with Crippen molar-refractivity contribution in [2.24, 2.45) is 0 Å². The van der Waals surface area contributed by atoms with E-state index < -0.39 is 0 Å². The maximum absolute atomic E-state index is 9.87. The summed E-state index contributed by atoms with van der Waals surface area (Å²) < 4.78 is 0. The third-order valence-corrected chi connectivity index (χ3v) is 3.09. The Labute approximate surface area is 108 Å². The fourth-order valence-corrected chi connectivity index (χ4v) is 1.83. The number of benzene rings is 1. The van der Waals surface area contributed by atoms with Crippen molar-refractivity contribution < 1.29 is 5.11 Å². The largest absolute Gasteiger partial charge is 0.507 e. The second-order valence-corrected chi connectivity index (χ2v) is 4.57. The van der Waals surface area contributed by atoms with Gasteiger partial charge in [-0.2, -0.15) is 0 Å². The molecule has 1 aromatic carbocycles. The monoisotopic (exact) mass is 242 g/mol. The zero-order valence-corrected chi connectivity index (χ0v) is 11.0. The lowest BCUT2D eigenvalue weighted by atomic mass is 10.1. The van der Waals surface area contributed by atoms with Crippen LogP contribution in [0.2, 0.25) is 0 Å². The van der Waals surface area contributed by atoms with Gasteiger partial charge in [0.05, 0.1) is 0 Å². The van der Waals surface area contributed by atoms with Gasteiger partial charge in [-0.25, -0.2) is 0 Å². The summed E-state index contributed by atoms with van der Waals surface area (Å²) in [6.07, 6.45) is 1.87. The third kappa shape index (κ3) is 2.62. The maximum Gasteiger partial charge on any atom is 0.123 e. The molecule has 3 nitrogen and oxygen atoms in total. The number of hydrogen-bond donors (Lipinski definition) is 2. The Morgan fingerprint density at radius 3 is 2.56 bits per heavy atom. The van der Waals surface area contributed by atoms with Gasteiger partial charge >= 0.3 is 0 Å². The Kier molecular flexibility index (Phi) is 3.51. The Morgan fingerprint density at radius 2 is 1.89 bits per heavy atom. The summed E-state index contributed by atoms with van der Waals surface area (Å²) >= 11 is 0. The molecular formula is C15H18N2O. The van der Waals surface area contributed by atoms with E-state index in [1.165, 1.54) is 0 Å². The molecule has 3 heteroatoms. The average Bonchev–Trinajstić information content (AvgIpc) is 2.37. The van der Waals surface area contributed by atoms with E-state index in [9.17, 15) is 5.11 Å². The molecule has 94 valence electrons. The predicted octanol–water partition coefficient (Wildman–Crippen LogP) is 3.32. The number of phenolic OH excluding ortho intramolecular Hbond substituents is 1. The summed E-state index contributed by atoms with van der Waals surface area (Å²) in [6, 6.07) is 7.96. The van der Waals surface area contributed by atoms with Crippen LogP contribution in [0.25, 0.3) is 0 Å². The van der Waals surface area contributed by atoms with Crippen molar-refractivity contribution in [3.05, 3.63) is 52.8 Å². The lowest BCUT2D eigenvalue weighted by Crippen LogP contribution is -2.02. The van der Waals surface area contributed by atoms with Crippen molar-refractivity contribution in [2.75, 3.05) is 5.32 Å². The van der Waals surface area contributed by atoms with Crippen LogP contribution in [0.1, 0.15) is 22.4 Å². The van der Waals surface area contributed by atoms with E-state index in [-0.39, 0.29) is 0 Å². The lowest BCUT2D eigenvalue weighted by molar-refractivity contribution is 0.467. The van der Waals surface area contributed by atoms with Crippen molar-refractivity contribution in [1.82, 2.24) is 4.98 Å². The summed E-state index contributed by atoms with van der Waals surface area (Å²) in [5.41, 5.74) is 4.88. The molecule has 0 unspecified atom stereocenters. The first-order chi connectivity index (χ1) is 8.58. The number of aromatic nitrogens is 1. The summed E-state index contributed by atoms with van der Waals surface area (Å²) in [5.74, 6) is 0.363. The molecular weight excluding hydrogens is 224 g/mol. The van der Waals surface area contributed by atoms with Gasteiger partial charge in [0, 0.05) is 29.7 Å². The first kappa shape index (κ1) is 12.4. The molecule has 0 aliphatic heterocycles. The van der Waals surface area contributed by atoms with Crippen LogP contribution in [0, 0.1) is 20.8 Å². The number of nitrogens with zero attached hydrogens (tertiary/aromatic N) is 1. The minimum Gasteiger partial charge on any atom is -0.507 e. The van der Waals surface area contributed by atoms with Crippen molar-refractivity contribution in [1.29, 1.82) is 0 Å². The quantitative estimate of drug-likeness (QED) is 0.867. The second kappa shape index (κ2) is 5.08. The number of nitrogens with one attached hydrogen (secondary N) is 1. The van der Waals surface area contributed by atoms with Gasteiger partial charge in [0.2, 0.25) is 0 Å². The molecule has 0 saturated heterocycles. The Morgan fingerprint density at radius 1 is 1.11 bits per heavy atom. The van der Waals surface area contributed by atoms with E-state index in [2.05, 4.69) is 16.4 Å². The number of anilines is 1. The van der Waals surface area contributed by atoms with E-state index >= 15 is 0 Å². The van der Waals surface area contributed by atoms with Crippen LogP contribution in [-0.2, 0) is 6.54 Å². The molecule has 0 fully saturated rings. The lowest BCUT2D eigenvalue weighted by Gasteiger charge is -2.12. The van der Waals surface area contributed by atoms with Gasteiger partial charge in [-0.1, -0.05) is 12.1 Å². The van der Waals surface area contributed by atoms with Gasteiger partial charge in [0.1, 0.15) is 5.75 Å². The molecule has 2 N–H and O–H groups in total. The van der Waals surface area contributed by atoms with Crippen LogP contribution in [0.15, 0.2) is 30.5 Å². The van der Waals surface area contributed by atoms with E-state index in [4.69, 9.17) is 0 Å². The topological polar surface area (TPSA) is 45.1 Å². The normalized spacial score (nSPS) is 10.4. The highest BCUT2D eigenvalue weighted by atomic mass is 16.3. The molecule has 0 spiro atoms. The third-order valence-electron chi connectivity index (χ3n) is 3.09. The van der Waals surface area contributed by atoms with E-state index in [1.54, 1.807) is 0 Å². The standard InChI is InChI=1S/C15H18N2O/c1-10-4-7-14(12(3)15(10)18)17-9-13-6-5-11(2)16-8-13/h4-8,17-18H,9H2,1-3H3. The fraction of sp³-hybridized carbons (Fsp3) is 0.267. The summed E-state index contributed by atoms with van der Waals surface area (Å²) in [6.45, 7) is 6.49. The van der Waals surface area contributed by atoms with Gasteiger partial charge in [-0.3, -0.25) is 4.98 Å². The van der Waals surface area contributed by atoms with Gasteiger partial charge in [0.15, 0.2) is 0 Å². The summed E-state index contributed by atoms with van der Waals surface area (Å²) in [7, 11) is 0. The molecule has 2 rings (SSSR count). The zero-order valence-electron chi connectivity index (χ0n) is 11.0. The number of pyridine rings is 1. The van der Waals surface area contributed by atoms with Crippen molar-refractivity contribution in [2.45, 2.75) is 27.3 Å². The molecule has 0 amide bonds. The number of hydrogen-bond acceptors (Lipinski definition) is 3. The fourth-order valence-electron chi connectivity index (χ4n) is 1.83. The highest BCUT2D eigenvalue weighted by Crippen LogP contribution is 2.28. The average molecular weight is 242 g/mol. The van der Waals surface area contributed by atoms with E-state index in [0.29, 0.717) is 12.3 Å². The van der Waals surface area contributed by atoms with Crippen LogP contribution in [0.3, 0.4) is 0 Å². The molecule has 18 heavy (non-hydrogen) atoms. The Hall–Kier alpha value is -2.03. The molecule has 1 aromatic heterocycles. The molecule has 0 bridgehead atoms. The highest BCUT2D eigenvalue weighted by Gasteiger charge is 2.05. The SMILES string of the molecule is Cc1ccc(CNc2ccc(C)c(O)c2C)cn1. The highest BCUT2D eigenvalue weighted by molar-refractivity contribution is 5.59. The first-order valence-electron chi connectivity index (χ1n) is 6.02. The molecule has 0 atom stereocenters. The molecule has 0 radical (unpaired) electrons. The number of aryl methyl sites for hydroxylation is 2. The van der Waals surface area contributed by atoms with E-state index in [1.807, 2.05) is 45.2 Å². The molecule has 0 aliphatic carbocycles. The van der Waals surface area contributed by atoms with Crippen LogP contribution in [0.5, 0.6) is 5.75 Å². The van der Waals surface area contributed by atoms with Gasteiger partial charge < -0.3 is 10.4 Å². The summed E-state index contributed by atoms with van der Waals surface area (Å²) in [5, 5.41) is 13.2. The number of aromatic hydroxyl groups is 1. The summed E-state index contributed by atoms with van der Waals surface area (Å²) in [4.78, 5) is 4.26. The minimum atomic E-state index is 0.363.